The second kappa shape index (κ2) is 8.55. The van der Waals surface area contributed by atoms with E-state index < -0.39 is 0 Å². The van der Waals surface area contributed by atoms with Gasteiger partial charge in [-0.3, -0.25) is 14.5 Å². The summed E-state index contributed by atoms with van der Waals surface area (Å²) in [6.45, 7) is 6.27. The molecule has 0 saturated heterocycles. The smallest absolute Gasteiger partial charge is 0.226 e. The van der Waals surface area contributed by atoms with Gasteiger partial charge in [0, 0.05) is 61.3 Å². The summed E-state index contributed by atoms with van der Waals surface area (Å²) in [7, 11) is 1.94. The Morgan fingerprint density at radius 1 is 1.24 bits per heavy atom. The van der Waals surface area contributed by atoms with Crippen molar-refractivity contribution < 1.29 is 4.79 Å². The van der Waals surface area contributed by atoms with Gasteiger partial charge in [-0.25, -0.2) is 9.97 Å². The molecule has 4 aromatic rings. The average molecular weight is 462 g/mol. The van der Waals surface area contributed by atoms with Crippen LogP contribution >= 0.6 is 11.3 Å². The summed E-state index contributed by atoms with van der Waals surface area (Å²) in [6, 6.07) is 4.32. The number of hydrogen-bond acceptors (Lipinski definition) is 6. The maximum Gasteiger partial charge on any atom is 0.226 e. The second-order valence-corrected chi connectivity index (χ2v) is 9.70. The highest BCUT2D eigenvalue weighted by Crippen LogP contribution is 2.44. The third-order valence-electron chi connectivity index (χ3n) is 5.95. The number of amides is 1. The van der Waals surface area contributed by atoms with Crippen LogP contribution in [0.25, 0.3) is 21.8 Å². The number of nitrogens with one attached hydrogen (secondary N) is 1. The summed E-state index contributed by atoms with van der Waals surface area (Å²) >= 11 is 1.54. The van der Waals surface area contributed by atoms with Crippen molar-refractivity contribution in [3.05, 3.63) is 53.5 Å². The lowest BCUT2D eigenvalue weighted by molar-refractivity contribution is -0.116. The van der Waals surface area contributed by atoms with Gasteiger partial charge >= 0.3 is 0 Å². The van der Waals surface area contributed by atoms with Gasteiger partial charge in [-0.15, -0.1) is 0 Å². The SMILES string of the molecule is Cc1ccc(-c2nn(C(C)C)c3c2CCc2nc(NC(=O)CCc4nccn4C)sc2-3)cn1. The number of anilines is 1. The predicted molar refractivity (Wildman–Crippen MR) is 129 cm³/mol. The number of rotatable bonds is 6. The van der Waals surface area contributed by atoms with E-state index in [4.69, 9.17) is 10.1 Å². The minimum absolute atomic E-state index is 0.0480. The van der Waals surface area contributed by atoms with Gasteiger partial charge in [0.1, 0.15) is 5.82 Å². The van der Waals surface area contributed by atoms with E-state index in [9.17, 15) is 4.79 Å². The Bertz CT molecular complexity index is 1310. The van der Waals surface area contributed by atoms with E-state index in [1.807, 2.05) is 37.0 Å². The number of thiazole rings is 1. The fourth-order valence-corrected chi connectivity index (χ4v) is 5.30. The summed E-state index contributed by atoms with van der Waals surface area (Å²) in [6.07, 6.45) is 8.20. The zero-order valence-electron chi connectivity index (χ0n) is 19.3. The summed E-state index contributed by atoms with van der Waals surface area (Å²) in [4.78, 5) is 27.2. The topological polar surface area (TPSA) is 90.5 Å². The van der Waals surface area contributed by atoms with E-state index in [-0.39, 0.29) is 11.9 Å². The van der Waals surface area contributed by atoms with E-state index in [0.29, 0.717) is 18.0 Å². The van der Waals surface area contributed by atoms with E-state index in [0.717, 1.165) is 51.9 Å². The molecule has 0 radical (unpaired) electrons. The maximum absolute atomic E-state index is 12.6. The molecule has 1 aliphatic carbocycles. The van der Waals surface area contributed by atoms with Gasteiger partial charge in [-0.1, -0.05) is 11.3 Å². The number of pyridine rings is 1. The van der Waals surface area contributed by atoms with Crippen molar-refractivity contribution in [3.8, 4) is 21.8 Å². The fourth-order valence-electron chi connectivity index (χ4n) is 4.21. The molecule has 1 N–H and O–H groups in total. The molecule has 0 saturated carbocycles. The third kappa shape index (κ3) is 4.08. The Balaban J connectivity index is 1.43. The molecule has 0 aliphatic heterocycles. The van der Waals surface area contributed by atoms with Crippen LogP contribution in [0.4, 0.5) is 5.13 Å². The molecule has 4 aromatic heterocycles. The number of imidazole rings is 1. The molecular weight excluding hydrogens is 434 g/mol. The zero-order valence-corrected chi connectivity index (χ0v) is 20.1. The van der Waals surface area contributed by atoms with Crippen LogP contribution in [-0.2, 0) is 31.1 Å². The molecule has 1 amide bonds. The minimum atomic E-state index is -0.0480. The van der Waals surface area contributed by atoms with Gasteiger partial charge in [0.25, 0.3) is 0 Å². The van der Waals surface area contributed by atoms with Crippen LogP contribution in [-0.4, -0.2) is 35.2 Å². The monoisotopic (exact) mass is 461 g/mol. The highest BCUT2D eigenvalue weighted by Gasteiger charge is 2.30. The van der Waals surface area contributed by atoms with Crippen molar-refractivity contribution in [2.24, 2.45) is 7.05 Å². The second-order valence-electron chi connectivity index (χ2n) is 8.70. The van der Waals surface area contributed by atoms with Crippen molar-refractivity contribution in [3.63, 3.8) is 0 Å². The van der Waals surface area contributed by atoms with Crippen molar-refractivity contribution in [1.82, 2.24) is 29.3 Å². The van der Waals surface area contributed by atoms with E-state index in [2.05, 4.69) is 39.9 Å². The van der Waals surface area contributed by atoms with Crippen molar-refractivity contribution in [1.29, 1.82) is 0 Å². The number of carbonyl (C=O) groups is 1. The minimum Gasteiger partial charge on any atom is -0.338 e. The molecule has 0 unspecified atom stereocenters. The first-order chi connectivity index (χ1) is 15.9. The van der Waals surface area contributed by atoms with Crippen LogP contribution in [0.1, 0.15) is 49.1 Å². The molecule has 170 valence electrons. The lowest BCUT2D eigenvalue weighted by atomic mass is 9.95. The lowest BCUT2D eigenvalue weighted by Crippen LogP contribution is -2.13. The molecular formula is C24H27N7OS. The molecule has 9 heteroatoms. The van der Waals surface area contributed by atoms with Gasteiger partial charge in [0.05, 0.1) is 22.0 Å². The highest BCUT2D eigenvalue weighted by atomic mass is 32.1. The van der Waals surface area contributed by atoms with Crippen LogP contribution in [0, 0.1) is 6.92 Å². The number of hydrogen-bond donors (Lipinski definition) is 1. The summed E-state index contributed by atoms with van der Waals surface area (Å²) in [5.41, 5.74) is 6.40. The normalized spacial score (nSPS) is 12.6. The van der Waals surface area contributed by atoms with Crippen LogP contribution < -0.4 is 5.32 Å². The van der Waals surface area contributed by atoms with Gasteiger partial charge in [-0.2, -0.15) is 5.10 Å². The molecule has 1 aliphatic rings. The van der Waals surface area contributed by atoms with Crippen LogP contribution in [0.2, 0.25) is 0 Å². The Labute approximate surface area is 196 Å². The molecule has 0 fully saturated rings. The van der Waals surface area contributed by atoms with E-state index in [1.165, 1.54) is 16.9 Å². The molecule has 33 heavy (non-hydrogen) atoms. The molecule has 4 heterocycles. The Morgan fingerprint density at radius 2 is 2.09 bits per heavy atom. The molecule has 5 rings (SSSR count). The molecule has 0 aromatic carbocycles. The number of aryl methyl sites for hydroxylation is 4. The third-order valence-corrected chi connectivity index (χ3v) is 6.97. The standard InChI is InChI=1S/C24H27N7OS/c1-14(2)31-22-17(21(29-31)16-6-5-15(3)26-13-16)7-8-18-23(22)33-24(27-18)28-20(32)10-9-19-25-11-12-30(19)4/h5-6,11-14H,7-10H2,1-4H3,(H,27,28,32). The summed E-state index contributed by atoms with van der Waals surface area (Å²) in [5.74, 6) is 0.847. The number of fused-ring (bicyclic) bond motifs is 3. The van der Waals surface area contributed by atoms with Gasteiger partial charge in [-0.05, 0) is 45.7 Å². The Hall–Kier alpha value is -3.33. The van der Waals surface area contributed by atoms with Crippen molar-refractivity contribution >= 4 is 22.4 Å². The quantitative estimate of drug-likeness (QED) is 0.461. The molecule has 0 bridgehead atoms. The molecule has 8 nitrogen and oxygen atoms in total. The first kappa shape index (κ1) is 21.5. The van der Waals surface area contributed by atoms with Gasteiger partial charge in [0.2, 0.25) is 5.91 Å². The van der Waals surface area contributed by atoms with Crippen molar-refractivity contribution in [2.45, 2.75) is 52.5 Å². The highest BCUT2D eigenvalue weighted by molar-refractivity contribution is 7.19. The summed E-state index contributed by atoms with van der Waals surface area (Å²) < 4.78 is 4.03. The zero-order chi connectivity index (χ0) is 23.1. The van der Waals surface area contributed by atoms with Crippen LogP contribution in [0.3, 0.4) is 0 Å². The predicted octanol–water partition coefficient (Wildman–Crippen LogP) is 4.36. The van der Waals surface area contributed by atoms with Crippen LogP contribution in [0.15, 0.2) is 30.7 Å². The Kier molecular flexibility index (Phi) is 5.57. The van der Waals surface area contributed by atoms with Gasteiger partial charge in [0.15, 0.2) is 5.13 Å². The lowest BCUT2D eigenvalue weighted by Gasteiger charge is -2.15. The average Bonchev–Trinajstić information content (AvgIpc) is 3.48. The van der Waals surface area contributed by atoms with Gasteiger partial charge < -0.3 is 9.88 Å². The molecule has 0 atom stereocenters. The van der Waals surface area contributed by atoms with Crippen molar-refractivity contribution in [2.75, 3.05) is 5.32 Å². The molecule has 0 spiro atoms. The summed E-state index contributed by atoms with van der Waals surface area (Å²) in [5, 5.41) is 8.63. The number of nitrogens with zero attached hydrogens (tertiary/aromatic N) is 6. The van der Waals surface area contributed by atoms with Crippen LogP contribution in [0.5, 0.6) is 0 Å². The maximum atomic E-state index is 12.6. The number of aromatic nitrogens is 6. The van der Waals surface area contributed by atoms with E-state index in [1.54, 1.807) is 6.20 Å². The van der Waals surface area contributed by atoms with E-state index >= 15 is 0 Å². The first-order valence-corrected chi connectivity index (χ1v) is 12.0. The largest absolute Gasteiger partial charge is 0.338 e. The first-order valence-electron chi connectivity index (χ1n) is 11.2. The fraction of sp³-hybridized carbons (Fsp3) is 0.375. The Morgan fingerprint density at radius 3 is 2.79 bits per heavy atom. The number of carbonyl (C=O) groups excluding carboxylic acids is 1.